The molecule has 10 heteroatoms. The van der Waals surface area contributed by atoms with Gasteiger partial charge in [0.15, 0.2) is 5.75 Å². The SMILES string of the molecule is COC(=O)c1ccc(-c2cc3ccc(OCc4ccccc4)cc3cc2OS(=O)(=O)C(F)(F)F)cc1. The molecular weight excluding hydrogens is 497 g/mol. The lowest BCUT2D eigenvalue weighted by atomic mass is 9.99. The van der Waals surface area contributed by atoms with Gasteiger partial charge in [0.2, 0.25) is 0 Å². The molecule has 0 amide bonds. The minimum absolute atomic E-state index is 0.0877. The van der Waals surface area contributed by atoms with E-state index in [1.54, 1.807) is 18.2 Å². The van der Waals surface area contributed by atoms with Gasteiger partial charge in [0.05, 0.1) is 12.7 Å². The number of rotatable bonds is 7. The third kappa shape index (κ3) is 5.44. The Labute approximate surface area is 205 Å². The Morgan fingerprint density at radius 3 is 2.19 bits per heavy atom. The first-order valence-corrected chi connectivity index (χ1v) is 11.9. The summed E-state index contributed by atoms with van der Waals surface area (Å²) in [5, 5.41) is 1.01. The number of carbonyl (C=O) groups excluding carboxylic acids is 1. The van der Waals surface area contributed by atoms with Gasteiger partial charge in [-0.1, -0.05) is 48.5 Å². The number of hydrogen-bond acceptors (Lipinski definition) is 6. The van der Waals surface area contributed by atoms with Crippen LogP contribution in [0.4, 0.5) is 13.2 Å². The Balaban J connectivity index is 1.76. The number of methoxy groups -OCH3 is 1. The van der Waals surface area contributed by atoms with Crippen LogP contribution in [0.5, 0.6) is 11.5 Å². The molecule has 186 valence electrons. The summed E-state index contributed by atoms with van der Waals surface area (Å²) in [4.78, 5) is 11.7. The highest BCUT2D eigenvalue weighted by Crippen LogP contribution is 2.38. The minimum Gasteiger partial charge on any atom is -0.489 e. The molecule has 0 aliphatic carbocycles. The molecule has 36 heavy (non-hydrogen) atoms. The molecule has 0 aromatic heterocycles. The molecule has 0 heterocycles. The standard InChI is InChI=1S/C26H19F3O6S/c1-33-25(30)19-9-7-18(8-10-19)23-14-20-11-12-22(34-16-17-5-3-2-4-6-17)13-21(20)15-24(23)35-36(31,32)26(27,28)29/h2-15H,16H2,1H3. The molecule has 0 bridgehead atoms. The second-order valence-corrected chi connectivity index (χ2v) is 9.22. The average Bonchev–Trinajstić information content (AvgIpc) is 2.86. The van der Waals surface area contributed by atoms with Crippen molar-refractivity contribution in [3.8, 4) is 22.6 Å². The van der Waals surface area contributed by atoms with Crippen molar-refractivity contribution >= 4 is 26.9 Å². The Morgan fingerprint density at radius 1 is 0.861 bits per heavy atom. The molecule has 0 radical (unpaired) electrons. The number of alkyl halides is 3. The lowest BCUT2D eigenvalue weighted by molar-refractivity contribution is -0.0499. The molecule has 4 aromatic rings. The number of carbonyl (C=O) groups is 1. The maximum Gasteiger partial charge on any atom is 0.534 e. The highest BCUT2D eigenvalue weighted by Gasteiger charge is 2.48. The first-order chi connectivity index (χ1) is 17.1. The zero-order valence-electron chi connectivity index (χ0n) is 18.8. The summed E-state index contributed by atoms with van der Waals surface area (Å²) >= 11 is 0. The van der Waals surface area contributed by atoms with Gasteiger partial charge in [-0.25, -0.2) is 4.79 Å². The topological polar surface area (TPSA) is 78.9 Å². The lowest BCUT2D eigenvalue weighted by Crippen LogP contribution is -2.28. The van der Waals surface area contributed by atoms with E-state index >= 15 is 0 Å². The first kappa shape index (κ1) is 25.1. The van der Waals surface area contributed by atoms with Crippen molar-refractivity contribution in [2.24, 2.45) is 0 Å². The van der Waals surface area contributed by atoms with Crippen LogP contribution in [-0.4, -0.2) is 27.0 Å². The lowest BCUT2D eigenvalue weighted by Gasteiger charge is -2.15. The average molecular weight is 516 g/mol. The summed E-state index contributed by atoms with van der Waals surface area (Å²) in [7, 11) is -4.72. The maximum atomic E-state index is 13.1. The zero-order chi connectivity index (χ0) is 25.9. The molecule has 0 aliphatic heterocycles. The van der Waals surface area contributed by atoms with E-state index in [-0.39, 0.29) is 17.7 Å². The molecule has 6 nitrogen and oxygen atoms in total. The Bertz CT molecular complexity index is 1500. The van der Waals surface area contributed by atoms with Crippen LogP contribution in [0.15, 0.2) is 84.9 Å². The van der Waals surface area contributed by atoms with Crippen LogP contribution in [0.1, 0.15) is 15.9 Å². The predicted octanol–water partition coefficient (Wildman–Crippen LogP) is 6.10. The van der Waals surface area contributed by atoms with E-state index in [2.05, 4.69) is 8.92 Å². The van der Waals surface area contributed by atoms with Crippen molar-refractivity contribution in [1.29, 1.82) is 0 Å². The van der Waals surface area contributed by atoms with E-state index in [0.717, 1.165) is 5.56 Å². The van der Waals surface area contributed by atoms with Crippen LogP contribution in [-0.2, 0) is 21.5 Å². The molecule has 0 spiro atoms. The Hall–Kier alpha value is -4.05. The van der Waals surface area contributed by atoms with Gasteiger partial charge in [-0.05, 0) is 58.3 Å². The normalized spacial score (nSPS) is 11.8. The van der Waals surface area contributed by atoms with E-state index in [0.29, 0.717) is 22.1 Å². The van der Waals surface area contributed by atoms with Gasteiger partial charge >= 0.3 is 21.6 Å². The molecule has 0 unspecified atom stereocenters. The van der Waals surface area contributed by atoms with Crippen LogP contribution in [0, 0.1) is 0 Å². The van der Waals surface area contributed by atoms with E-state index in [1.165, 1.54) is 43.5 Å². The number of benzene rings is 4. The summed E-state index contributed by atoms with van der Waals surface area (Å²) in [6.07, 6.45) is 0. The quantitative estimate of drug-likeness (QED) is 0.168. The summed E-state index contributed by atoms with van der Waals surface area (Å²) in [6, 6.07) is 22.8. The van der Waals surface area contributed by atoms with Gasteiger partial charge < -0.3 is 13.7 Å². The number of hydrogen-bond donors (Lipinski definition) is 0. The van der Waals surface area contributed by atoms with Gasteiger partial charge in [-0.15, -0.1) is 0 Å². The largest absolute Gasteiger partial charge is 0.534 e. The molecule has 0 saturated heterocycles. The van der Waals surface area contributed by atoms with Crippen LogP contribution < -0.4 is 8.92 Å². The van der Waals surface area contributed by atoms with E-state index < -0.39 is 27.3 Å². The van der Waals surface area contributed by atoms with Crippen LogP contribution >= 0.6 is 0 Å². The van der Waals surface area contributed by atoms with Crippen molar-refractivity contribution in [3.63, 3.8) is 0 Å². The smallest absolute Gasteiger partial charge is 0.489 e. The summed E-state index contributed by atoms with van der Waals surface area (Å²) in [5.41, 5.74) is -4.06. The van der Waals surface area contributed by atoms with Gasteiger partial charge in [0.1, 0.15) is 12.4 Å². The van der Waals surface area contributed by atoms with E-state index in [4.69, 9.17) is 4.74 Å². The van der Waals surface area contributed by atoms with Crippen LogP contribution in [0.3, 0.4) is 0 Å². The third-order valence-corrected chi connectivity index (χ3v) is 6.22. The molecule has 4 aromatic carbocycles. The van der Waals surface area contributed by atoms with Gasteiger partial charge in [0.25, 0.3) is 0 Å². The second-order valence-electron chi connectivity index (χ2n) is 7.68. The fourth-order valence-corrected chi connectivity index (χ4v) is 3.92. The van der Waals surface area contributed by atoms with Crippen molar-refractivity contribution in [2.75, 3.05) is 7.11 Å². The fourth-order valence-electron chi connectivity index (χ4n) is 3.45. The van der Waals surface area contributed by atoms with Crippen molar-refractivity contribution in [2.45, 2.75) is 12.1 Å². The number of halogens is 3. The summed E-state index contributed by atoms with van der Waals surface area (Å²) in [6.45, 7) is 0.267. The monoisotopic (exact) mass is 516 g/mol. The maximum absolute atomic E-state index is 13.1. The second kappa shape index (κ2) is 9.90. The molecule has 0 atom stereocenters. The van der Waals surface area contributed by atoms with E-state index in [9.17, 15) is 26.4 Å². The Morgan fingerprint density at radius 2 is 1.56 bits per heavy atom. The molecule has 4 rings (SSSR count). The van der Waals surface area contributed by atoms with Gasteiger partial charge in [-0.2, -0.15) is 21.6 Å². The predicted molar refractivity (Wildman–Crippen MR) is 127 cm³/mol. The van der Waals surface area contributed by atoms with Gasteiger partial charge in [0, 0.05) is 5.56 Å². The first-order valence-electron chi connectivity index (χ1n) is 10.5. The number of esters is 1. The van der Waals surface area contributed by atoms with Gasteiger partial charge in [-0.3, -0.25) is 0 Å². The van der Waals surface area contributed by atoms with Crippen LogP contribution in [0.25, 0.3) is 21.9 Å². The minimum atomic E-state index is -5.94. The number of ether oxygens (including phenoxy) is 2. The third-order valence-electron chi connectivity index (χ3n) is 5.26. The molecule has 0 N–H and O–H groups in total. The highest BCUT2D eigenvalue weighted by atomic mass is 32.2. The van der Waals surface area contributed by atoms with Crippen LogP contribution in [0.2, 0.25) is 0 Å². The molecular formula is C26H19F3O6S. The number of fused-ring (bicyclic) bond motifs is 1. The highest BCUT2D eigenvalue weighted by molar-refractivity contribution is 7.88. The van der Waals surface area contributed by atoms with Crippen molar-refractivity contribution in [3.05, 3.63) is 96.1 Å². The molecule has 0 aliphatic rings. The summed E-state index contributed by atoms with van der Waals surface area (Å²) in [5.74, 6) is -0.684. The molecule has 0 saturated carbocycles. The molecule has 0 fully saturated rings. The Kier molecular flexibility index (Phi) is 6.89. The zero-order valence-corrected chi connectivity index (χ0v) is 19.6. The summed E-state index contributed by atoms with van der Waals surface area (Å²) < 4.78 is 77.9. The van der Waals surface area contributed by atoms with Crippen molar-refractivity contribution < 1.29 is 40.0 Å². The van der Waals surface area contributed by atoms with E-state index in [1.807, 2.05) is 30.3 Å². The fraction of sp³-hybridized carbons (Fsp3) is 0.115. The van der Waals surface area contributed by atoms with Crippen molar-refractivity contribution in [1.82, 2.24) is 0 Å².